The van der Waals surface area contributed by atoms with Gasteiger partial charge in [0.2, 0.25) is 0 Å². The maximum absolute atomic E-state index is 6.31. The minimum absolute atomic E-state index is 0.766. The van der Waals surface area contributed by atoms with Crippen LogP contribution in [0.1, 0.15) is 30.7 Å². The van der Waals surface area contributed by atoms with Crippen molar-refractivity contribution in [3.8, 4) is 11.4 Å². The summed E-state index contributed by atoms with van der Waals surface area (Å²) in [5.41, 5.74) is 3.54. The number of fused-ring (bicyclic) bond motifs is 2. The summed E-state index contributed by atoms with van der Waals surface area (Å²) in [5.74, 6) is 2.91. The minimum atomic E-state index is 0.766. The Morgan fingerprint density at radius 1 is 1.18 bits per heavy atom. The van der Waals surface area contributed by atoms with E-state index in [1.807, 2.05) is 24.3 Å². The van der Waals surface area contributed by atoms with Crippen molar-refractivity contribution < 1.29 is 0 Å². The Morgan fingerprint density at radius 2 is 2.00 bits per heavy atom. The standard InChI is InChI=1S/C18H20ClN3/c19-14-7-2-1-4-13(14)18-20-15-8-9-22(10-16(15)21-18)17-11-5-3-6-12(11)17/h1-2,4,7,11-12,17H,3,5-6,8-10H2,(H,20,21)/t11-,12+,17?. The molecular weight excluding hydrogens is 294 g/mol. The monoisotopic (exact) mass is 313 g/mol. The van der Waals surface area contributed by atoms with Gasteiger partial charge in [-0.1, -0.05) is 30.2 Å². The van der Waals surface area contributed by atoms with Gasteiger partial charge in [-0.05, 0) is 36.8 Å². The van der Waals surface area contributed by atoms with Gasteiger partial charge < -0.3 is 4.98 Å². The van der Waals surface area contributed by atoms with Crippen LogP contribution >= 0.6 is 11.6 Å². The van der Waals surface area contributed by atoms with Crippen molar-refractivity contribution in [2.75, 3.05) is 6.54 Å². The van der Waals surface area contributed by atoms with Gasteiger partial charge in [0.25, 0.3) is 0 Å². The molecular formula is C18H20ClN3. The number of halogens is 1. The lowest BCUT2D eigenvalue weighted by atomic mass is 10.1. The summed E-state index contributed by atoms with van der Waals surface area (Å²) in [7, 11) is 0. The van der Waals surface area contributed by atoms with E-state index in [0.717, 1.165) is 53.8 Å². The number of rotatable bonds is 2. The first-order chi connectivity index (χ1) is 10.8. The largest absolute Gasteiger partial charge is 0.340 e. The molecule has 3 nitrogen and oxygen atoms in total. The molecule has 1 aromatic carbocycles. The fourth-order valence-electron chi connectivity index (χ4n) is 4.68. The molecule has 1 N–H and O–H groups in total. The van der Waals surface area contributed by atoms with Gasteiger partial charge in [0.05, 0.1) is 16.4 Å². The highest BCUT2D eigenvalue weighted by molar-refractivity contribution is 6.33. The normalized spacial score (nSPS) is 30.1. The Labute approximate surface area is 135 Å². The molecule has 2 aromatic rings. The summed E-state index contributed by atoms with van der Waals surface area (Å²) in [6.07, 6.45) is 5.41. The van der Waals surface area contributed by atoms with E-state index in [9.17, 15) is 0 Å². The molecule has 2 fully saturated rings. The molecule has 0 amide bonds. The fraction of sp³-hybridized carbons (Fsp3) is 0.500. The molecule has 0 radical (unpaired) electrons. The van der Waals surface area contributed by atoms with Crippen LogP contribution in [-0.2, 0) is 13.0 Å². The molecule has 1 aliphatic heterocycles. The average Bonchev–Trinajstić information content (AvgIpc) is 2.91. The van der Waals surface area contributed by atoms with Gasteiger partial charge in [-0.2, -0.15) is 0 Å². The second-order valence-electron chi connectivity index (χ2n) is 6.96. The number of aromatic amines is 1. The summed E-state index contributed by atoms with van der Waals surface area (Å²) in [6.45, 7) is 2.20. The second kappa shape index (κ2) is 4.84. The number of benzene rings is 1. The number of hydrogen-bond donors (Lipinski definition) is 1. The summed E-state index contributed by atoms with van der Waals surface area (Å²) < 4.78 is 0. The van der Waals surface area contributed by atoms with Crippen LogP contribution in [0.15, 0.2) is 24.3 Å². The number of nitrogens with zero attached hydrogens (tertiary/aromatic N) is 2. The van der Waals surface area contributed by atoms with Crippen molar-refractivity contribution in [1.82, 2.24) is 14.9 Å². The average molecular weight is 314 g/mol. The molecule has 4 heteroatoms. The van der Waals surface area contributed by atoms with Crippen LogP contribution in [0.4, 0.5) is 0 Å². The van der Waals surface area contributed by atoms with E-state index in [1.54, 1.807) is 0 Å². The molecule has 3 atom stereocenters. The van der Waals surface area contributed by atoms with Gasteiger partial charge >= 0.3 is 0 Å². The lowest BCUT2D eigenvalue weighted by Crippen LogP contribution is -2.34. The lowest BCUT2D eigenvalue weighted by molar-refractivity contribution is 0.212. The van der Waals surface area contributed by atoms with Gasteiger partial charge in [-0.25, -0.2) is 4.98 Å². The number of nitrogens with one attached hydrogen (secondary N) is 1. The highest BCUT2D eigenvalue weighted by Gasteiger charge is 2.55. The molecule has 114 valence electrons. The third-order valence-corrected chi connectivity index (χ3v) is 6.10. The van der Waals surface area contributed by atoms with E-state index < -0.39 is 0 Å². The molecule has 1 unspecified atom stereocenters. The maximum atomic E-state index is 6.31. The molecule has 5 rings (SSSR count). The third kappa shape index (κ3) is 1.95. The topological polar surface area (TPSA) is 31.9 Å². The van der Waals surface area contributed by atoms with Crippen LogP contribution < -0.4 is 0 Å². The van der Waals surface area contributed by atoms with Crippen LogP contribution in [0.5, 0.6) is 0 Å². The van der Waals surface area contributed by atoms with E-state index in [4.69, 9.17) is 16.6 Å². The Bertz CT molecular complexity index is 713. The van der Waals surface area contributed by atoms with Gasteiger partial charge in [0.15, 0.2) is 0 Å². The molecule has 3 aliphatic rings. The zero-order chi connectivity index (χ0) is 14.7. The number of H-pyrrole nitrogens is 1. The van der Waals surface area contributed by atoms with Gasteiger partial charge in [-0.3, -0.25) is 4.90 Å². The Hall–Kier alpha value is -1.32. The van der Waals surface area contributed by atoms with Crippen molar-refractivity contribution in [2.24, 2.45) is 11.8 Å². The molecule has 2 heterocycles. The highest BCUT2D eigenvalue weighted by atomic mass is 35.5. The predicted octanol–water partition coefficient (Wildman–Crippen LogP) is 3.89. The molecule has 0 bridgehead atoms. The molecule has 1 aromatic heterocycles. The zero-order valence-corrected chi connectivity index (χ0v) is 13.3. The van der Waals surface area contributed by atoms with E-state index in [2.05, 4.69) is 9.88 Å². The van der Waals surface area contributed by atoms with Crippen molar-refractivity contribution in [3.05, 3.63) is 40.7 Å². The predicted molar refractivity (Wildman–Crippen MR) is 87.8 cm³/mol. The van der Waals surface area contributed by atoms with Crippen molar-refractivity contribution in [3.63, 3.8) is 0 Å². The van der Waals surface area contributed by atoms with E-state index >= 15 is 0 Å². The zero-order valence-electron chi connectivity index (χ0n) is 12.6. The molecule has 2 aliphatic carbocycles. The first-order valence-electron chi connectivity index (χ1n) is 8.38. The molecule has 22 heavy (non-hydrogen) atoms. The highest BCUT2D eigenvalue weighted by Crippen LogP contribution is 2.55. The molecule has 0 spiro atoms. The van der Waals surface area contributed by atoms with Crippen molar-refractivity contribution in [1.29, 1.82) is 0 Å². The van der Waals surface area contributed by atoms with Gasteiger partial charge in [0, 0.05) is 31.1 Å². The smallest absolute Gasteiger partial charge is 0.139 e. The summed E-state index contributed by atoms with van der Waals surface area (Å²) in [6, 6.07) is 8.79. The number of imidazole rings is 1. The Kier molecular flexibility index (Phi) is 2.89. The summed E-state index contributed by atoms with van der Waals surface area (Å²) >= 11 is 6.31. The van der Waals surface area contributed by atoms with Crippen LogP contribution in [0.3, 0.4) is 0 Å². The maximum Gasteiger partial charge on any atom is 0.139 e. The van der Waals surface area contributed by atoms with E-state index in [1.165, 1.54) is 30.7 Å². The quantitative estimate of drug-likeness (QED) is 0.912. The molecule has 0 saturated heterocycles. The van der Waals surface area contributed by atoms with Crippen LogP contribution in [0.25, 0.3) is 11.4 Å². The minimum Gasteiger partial charge on any atom is -0.340 e. The SMILES string of the molecule is Clc1ccccc1-c1nc2c([nH]1)CN(C1[C@H]3CCC[C@@H]13)CC2. The Balaban J connectivity index is 1.41. The van der Waals surface area contributed by atoms with E-state index in [0.29, 0.717) is 0 Å². The Morgan fingerprint density at radius 3 is 2.82 bits per heavy atom. The second-order valence-corrected chi connectivity index (χ2v) is 7.37. The first-order valence-corrected chi connectivity index (χ1v) is 8.76. The van der Waals surface area contributed by atoms with Crippen LogP contribution in [0.2, 0.25) is 5.02 Å². The summed E-state index contributed by atoms with van der Waals surface area (Å²) in [4.78, 5) is 11.0. The summed E-state index contributed by atoms with van der Waals surface area (Å²) in [5, 5.41) is 0.766. The van der Waals surface area contributed by atoms with Crippen molar-refractivity contribution >= 4 is 11.6 Å². The number of aromatic nitrogens is 2. The fourth-order valence-corrected chi connectivity index (χ4v) is 4.90. The lowest BCUT2D eigenvalue weighted by Gasteiger charge is -2.27. The first kappa shape index (κ1) is 13.1. The van der Waals surface area contributed by atoms with E-state index in [-0.39, 0.29) is 0 Å². The molecule has 2 saturated carbocycles. The van der Waals surface area contributed by atoms with Crippen LogP contribution in [-0.4, -0.2) is 27.5 Å². The number of hydrogen-bond acceptors (Lipinski definition) is 2. The third-order valence-electron chi connectivity index (χ3n) is 5.77. The van der Waals surface area contributed by atoms with Crippen molar-refractivity contribution in [2.45, 2.75) is 38.3 Å². The van der Waals surface area contributed by atoms with Crippen LogP contribution in [0, 0.1) is 11.8 Å². The van der Waals surface area contributed by atoms with Gasteiger partial charge in [-0.15, -0.1) is 0 Å². The van der Waals surface area contributed by atoms with Gasteiger partial charge in [0.1, 0.15) is 5.82 Å².